The molecule has 1 aromatic carbocycles. The van der Waals surface area contributed by atoms with Gasteiger partial charge in [0.15, 0.2) is 11.6 Å². The molecule has 1 aromatic heterocycles. The molecule has 2 N–H and O–H groups in total. The molecule has 0 spiro atoms. The minimum absolute atomic E-state index is 0.264. The molecule has 0 aliphatic carbocycles. The van der Waals surface area contributed by atoms with Crippen LogP contribution in [0.5, 0.6) is 0 Å². The highest BCUT2D eigenvalue weighted by Gasteiger charge is 2.26. The maximum atomic E-state index is 13.4. The molecule has 0 bridgehead atoms. The number of halogens is 2. The van der Waals surface area contributed by atoms with Crippen molar-refractivity contribution in [2.75, 3.05) is 20.3 Å². The summed E-state index contributed by atoms with van der Waals surface area (Å²) >= 11 is 1.46. The first-order valence-electron chi connectivity index (χ1n) is 6.87. The molecular formula is C16H19F2NO2S. The van der Waals surface area contributed by atoms with E-state index < -0.39 is 17.2 Å². The lowest BCUT2D eigenvalue weighted by atomic mass is 10.0. The predicted molar refractivity (Wildman–Crippen MR) is 82.9 cm³/mol. The average molecular weight is 327 g/mol. The van der Waals surface area contributed by atoms with Gasteiger partial charge in [0.25, 0.3) is 0 Å². The summed E-state index contributed by atoms with van der Waals surface area (Å²) in [6, 6.07) is 7.13. The van der Waals surface area contributed by atoms with Crippen LogP contribution in [0.25, 0.3) is 0 Å². The molecule has 0 saturated carbocycles. The fourth-order valence-electron chi connectivity index (χ4n) is 2.16. The number of thiophene rings is 1. The van der Waals surface area contributed by atoms with E-state index in [-0.39, 0.29) is 19.2 Å². The number of benzene rings is 1. The minimum Gasteiger partial charge on any atom is -0.383 e. The number of hydrogen-bond donors (Lipinski definition) is 2. The molecular weight excluding hydrogens is 308 g/mol. The first-order valence-corrected chi connectivity index (χ1v) is 7.75. The quantitative estimate of drug-likeness (QED) is 0.820. The standard InChI is InChI=1S/C16H19F2NO2S/c1-16(20,15-4-3-7-22-15)10-19-14(9-21-2)11-5-6-12(17)13(18)8-11/h3-8,14,19-20H,9-10H2,1-2H3. The summed E-state index contributed by atoms with van der Waals surface area (Å²) in [5.41, 5.74) is -0.471. The van der Waals surface area contributed by atoms with Gasteiger partial charge in [-0.1, -0.05) is 12.1 Å². The number of aliphatic hydroxyl groups is 1. The van der Waals surface area contributed by atoms with Crippen LogP contribution in [0.2, 0.25) is 0 Å². The Balaban J connectivity index is 2.10. The third-order valence-corrected chi connectivity index (χ3v) is 4.55. The van der Waals surface area contributed by atoms with Gasteiger partial charge in [0, 0.05) is 18.5 Å². The van der Waals surface area contributed by atoms with Crippen LogP contribution in [0.15, 0.2) is 35.7 Å². The van der Waals surface area contributed by atoms with Crippen LogP contribution >= 0.6 is 11.3 Å². The van der Waals surface area contributed by atoms with E-state index in [1.807, 2.05) is 17.5 Å². The highest BCUT2D eigenvalue weighted by Crippen LogP contribution is 2.26. The summed E-state index contributed by atoms with van der Waals surface area (Å²) in [4.78, 5) is 0.835. The fraction of sp³-hybridized carbons (Fsp3) is 0.375. The normalized spacial score (nSPS) is 15.5. The summed E-state index contributed by atoms with van der Waals surface area (Å²) in [5.74, 6) is -1.78. The Kier molecular flexibility index (Phi) is 5.63. The van der Waals surface area contributed by atoms with Crippen molar-refractivity contribution in [3.8, 4) is 0 Å². The van der Waals surface area contributed by atoms with Crippen molar-refractivity contribution >= 4 is 11.3 Å². The lowest BCUT2D eigenvalue weighted by molar-refractivity contribution is 0.0522. The monoisotopic (exact) mass is 327 g/mol. The van der Waals surface area contributed by atoms with Crippen LogP contribution < -0.4 is 5.32 Å². The van der Waals surface area contributed by atoms with Crippen LogP contribution in [0.3, 0.4) is 0 Å². The highest BCUT2D eigenvalue weighted by molar-refractivity contribution is 7.10. The highest BCUT2D eigenvalue weighted by atomic mass is 32.1. The zero-order valence-electron chi connectivity index (χ0n) is 12.5. The molecule has 2 unspecified atom stereocenters. The van der Waals surface area contributed by atoms with Crippen LogP contribution in [0.4, 0.5) is 8.78 Å². The smallest absolute Gasteiger partial charge is 0.159 e. The van der Waals surface area contributed by atoms with Crippen LogP contribution in [-0.4, -0.2) is 25.4 Å². The summed E-state index contributed by atoms with van der Waals surface area (Å²) < 4.78 is 31.6. The van der Waals surface area contributed by atoms with E-state index in [1.165, 1.54) is 24.5 Å². The lowest BCUT2D eigenvalue weighted by Crippen LogP contribution is -2.38. The molecule has 0 aliphatic rings. The summed E-state index contributed by atoms with van der Waals surface area (Å²) in [5, 5.41) is 15.6. The maximum Gasteiger partial charge on any atom is 0.159 e. The first kappa shape index (κ1) is 17.0. The Labute approximate surface area is 132 Å². The zero-order valence-corrected chi connectivity index (χ0v) is 13.3. The molecule has 2 atom stereocenters. The van der Waals surface area contributed by atoms with Crippen molar-refractivity contribution in [2.24, 2.45) is 0 Å². The summed E-state index contributed by atoms with van der Waals surface area (Å²) in [6.07, 6.45) is 0. The number of rotatable bonds is 7. The van der Waals surface area contributed by atoms with Gasteiger partial charge in [-0.15, -0.1) is 11.3 Å². The van der Waals surface area contributed by atoms with Crippen LogP contribution in [0.1, 0.15) is 23.4 Å². The van der Waals surface area contributed by atoms with Crippen LogP contribution in [0, 0.1) is 11.6 Å². The number of nitrogens with one attached hydrogen (secondary N) is 1. The first-order chi connectivity index (χ1) is 10.4. The van der Waals surface area contributed by atoms with E-state index in [0.717, 1.165) is 17.0 Å². The van der Waals surface area contributed by atoms with Crippen molar-refractivity contribution in [1.29, 1.82) is 0 Å². The van der Waals surface area contributed by atoms with E-state index in [9.17, 15) is 13.9 Å². The topological polar surface area (TPSA) is 41.5 Å². The number of methoxy groups -OCH3 is 1. The van der Waals surface area contributed by atoms with E-state index in [4.69, 9.17) is 4.74 Å². The Bertz CT molecular complexity index is 602. The third-order valence-electron chi connectivity index (χ3n) is 3.42. The van der Waals surface area contributed by atoms with Crippen molar-refractivity contribution in [1.82, 2.24) is 5.32 Å². The van der Waals surface area contributed by atoms with E-state index in [0.29, 0.717) is 5.56 Å². The van der Waals surface area contributed by atoms with Gasteiger partial charge < -0.3 is 15.2 Å². The van der Waals surface area contributed by atoms with E-state index in [1.54, 1.807) is 6.92 Å². The Morgan fingerprint density at radius 3 is 2.68 bits per heavy atom. The SMILES string of the molecule is COCC(NCC(C)(O)c1cccs1)c1ccc(F)c(F)c1. The summed E-state index contributed by atoms with van der Waals surface area (Å²) in [7, 11) is 1.53. The van der Waals surface area contributed by atoms with Gasteiger partial charge in [-0.25, -0.2) is 8.78 Å². The molecule has 2 aromatic rings. The molecule has 0 amide bonds. The van der Waals surface area contributed by atoms with Crippen LogP contribution in [-0.2, 0) is 10.3 Å². The fourth-order valence-corrected chi connectivity index (χ4v) is 2.95. The molecule has 1 heterocycles. The number of hydrogen-bond acceptors (Lipinski definition) is 4. The zero-order chi connectivity index (χ0) is 16.2. The second-order valence-corrected chi connectivity index (χ2v) is 6.26. The Hall–Kier alpha value is -1.34. The second-order valence-electron chi connectivity index (χ2n) is 5.31. The summed E-state index contributed by atoms with van der Waals surface area (Å²) in [6.45, 7) is 2.26. The van der Waals surface area contributed by atoms with Crippen molar-refractivity contribution in [3.63, 3.8) is 0 Å². The van der Waals surface area contributed by atoms with Gasteiger partial charge >= 0.3 is 0 Å². The van der Waals surface area contributed by atoms with Crippen molar-refractivity contribution in [2.45, 2.75) is 18.6 Å². The van der Waals surface area contributed by atoms with Gasteiger partial charge in [-0.2, -0.15) is 0 Å². The Morgan fingerprint density at radius 1 is 1.32 bits per heavy atom. The van der Waals surface area contributed by atoms with Gasteiger partial charge in [-0.05, 0) is 36.1 Å². The number of ether oxygens (including phenoxy) is 1. The van der Waals surface area contributed by atoms with Gasteiger partial charge in [-0.3, -0.25) is 0 Å². The molecule has 6 heteroatoms. The largest absolute Gasteiger partial charge is 0.383 e. The lowest BCUT2D eigenvalue weighted by Gasteiger charge is -2.26. The predicted octanol–water partition coefficient (Wildman–Crippen LogP) is 3.21. The molecule has 2 rings (SSSR count). The molecule has 0 saturated heterocycles. The molecule has 0 radical (unpaired) electrons. The van der Waals surface area contributed by atoms with Gasteiger partial charge in [0.05, 0.1) is 12.6 Å². The minimum atomic E-state index is -1.04. The molecule has 22 heavy (non-hydrogen) atoms. The molecule has 3 nitrogen and oxygen atoms in total. The van der Waals surface area contributed by atoms with E-state index >= 15 is 0 Å². The average Bonchev–Trinajstić information content (AvgIpc) is 3.01. The van der Waals surface area contributed by atoms with Crippen molar-refractivity contribution in [3.05, 3.63) is 57.8 Å². The van der Waals surface area contributed by atoms with Crippen molar-refractivity contribution < 1.29 is 18.6 Å². The van der Waals surface area contributed by atoms with E-state index in [2.05, 4.69) is 5.32 Å². The third kappa shape index (κ3) is 4.10. The molecule has 120 valence electrons. The van der Waals surface area contributed by atoms with Gasteiger partial charge in [0.1, 0.15) is 5.60 Å². The van der Waals surface area contributed by atoms with Gasteiger partial charge in [0.2, 0.25) is 0 Å². The maximum absolute atomic E-state index is 13.4. The molecule has 0 aliphatic heterocycles. The Morgan fingerprint density at radius 2 is 2.09 bits per heavy atom. The second kappa shape index (κ2) is 7.28. The molecule has 0 fully saturated rings.